The first kappa shape index (κ1) is 111. The summed E-state index contributed by atoms with van der Waals surface area (Å²) in [6, 6.07) is 73.5. The molecule has 9 N–H and O–H groups in total. The van der Waals surface area contributed by atoms with Crippen LogP contribution in [-0.4, -0.2) is 115 Å². The molecule has 1 aliphatic heterocycles. The molecule has 6 unspecified atom stereocenters. The molecule has 1 aliphatic carbocycles. The average molecular weight is 1780 g/mol. The number of aromatic hydroxyl groups is 7. The second-order valence-electron chi connectivity index (χ2n) is 34.7. The van der Waals surface area contributed by atoms with Crippen molar-refractivity contribution in [2.24, 2.45) is 16.2 Å². The first-order chi connectivity index (χ1) is 61.7. The van der Waals surface area contributed by atoms with Crippen LogP contribution < -0.4 is 0 Å². The van der Waals surface area contributed by atoms with Crippen molar-refractivity contribution >= 4 is 45.4 Å². The van der Waals surface area contributed by atoms with E-state index in [2.05, 4.69) is 212 Å². The van der Waals surface area contributed by atoms with Crippen LogP contribution in [0.2, 0.25) is 0 Å². The van der Waals surface area contributed by atoms with Gasteiger partial charge in [0.25, 0.3) is 0 Å². The number of carbonyl (C=O) groups is 4. The number of hydrogen-bond acceptors (Lipinski definition) is 17. The van der Waals surface area contributed by atoms with Crippen molar-refractivity contribution in [3.8, 4) is 51.4 Å². The minimum absolute atomic E-state index is 0.0995. The number of benzene rings is 11. The number of aromatic carboxylic acids is 1. The maximum atomic E-state index is 11.6. The summed E-state index contributed by atoms with van der Waals surface area (Å²) in [5.74, 6) is -1.00. The summed E-state index contributed by atoms with van der Waals surface area (Å²) in [6.45, 7) is 47.0. The van der Waals surface area contributed by atoms with E-state index in [0.717, 1.165) is 56.3 Å². The zero-order valence-electron chi connectivity index (χ0n) is 81.3. The van der Waals surface area contributed by atoms with Gasteiger partial charge < -0.3 is 69.6 Å². The van der Waals surface area contributed by atoms with Crippen molar-refractivity contribution in [3.63, 3.8) is 0 Å². The number of unbranched alkanes of at least 4 members (excludes halogenated alkanes) is 1. The highest BCUT2D eigenvalue weighted by Gasteiger charge is 2.32. The van der Waals surface area contributed by atoms with Crippen LogP contribution in [0.1, 0.15) is 291 Å². The summed E-state index contributed by atoms with van der Waals surface area (Å²) in [6.07, 6.45) is 7.67. The van der Waals surface area contributed by atoms with Gasteiger partial charge in [-0.1, -0.05) is 291 Å². The van der Waals surface area contributed by atoms with Crippen LogP contribution in [-0.2, 0) is 44.5 Å². The predicted octanol–water partition coefficient (Wildman–Crippen LogP) is 27.2. The standard InChI is InChI=1S/C16H16O5.C15H16O4.C14H16.C13H10.C13H14.C12H24O3.C10H14.C9H16O3.C8H16O3.C2H6/c1-8(10-3-5-11(6-4-10)16(20)21)14-13(18)7-12(17)9(2)15(14)19;1-8(10-3-5-11(16)6-4-10)14-13(18)7-12(17)9(2)15(14)19;1-3-11(2)13-9-8-12-6-4-5-7-14(12)10-13;1-3-7-12-10(5-1)9-11-6-2-4-8-13(11)12;1-10(2)12-9-5-7-11-6-3-4-8-13(11)12;1-6-8-9-14-10(3)15-11(13)12(4,5)7-2;1-3-9(2)10-7-5-4-6-8-10;1-4-9(2,3)8(10)12-6-7-5-11-7;1-4-8(2,3)7(10)11-6-5-9;1-2/h3-8,17-19H,1-2H3,(H,20,21);3-8,16-19H,1-2H3;4-11H,3H2,1-2H3;1-8H,9H2;3-10H,1-2H3;10H,6-9H2,1-5H3;4-9H,3H2,1-2H3;7H,4-6H2,1-3H3;9H,4-6H2,1-3H3;1-2H3. The van der Waals surface area contributed by atoms with Gasteiger partial charge in [0.2, 0.25) is 0 Å². The number of carbonyl (C=O) groups excluding carboxylic acids is 3. The summed E-state index contributed by atoms with van der Waals surface area (Å²) in [7, 11) is 0. The van der Waals surface area contributed by atoms with E-state index in [1.807, 2.05) is 83.1 Å². The molecular formula is C112H148O18. The maximum Gasteiger partial charge on any atom is 0.335 e. The Hall–Kier alpha value is -11.7. The van der Waals surface area contributed by atoms with Crippen molar-refractivity contribution in [1.82, 2.24) is 0 Å². The van der Waals surface area contributed by atoms with Crippen LogP contribution in [0, 0.1) is 30.1 Å². The summed E-state index contributed by atoms with van der Waals surface area (Å²) in [4.78, 5) is 44.9. The summed E-state index contributed by atoms with van der Waals surface area (Å²) in [5, 5.41) is 91.1. The third-order valence-corrected chi connectivity index (χ3v) is 23.7. The lowest BCUT2D eigenvalue weighted by atomic mass is 9.89. The van der Waals surface area contributed by atoms with Gasteiger partial charge in [-0.05, 0) is 221 Å². The smallest absolute Gasteiger partial charge is 0.335 e. The number of rotatable bonds is 25. The van der Waals surface area contributed by atoms with Gasteiger partial charge in [-0.25, -0.2) is 4.79 Å². The van der Waals surface area contributed by atoms with Crippen molar-refractivity contribution in [2.45, 2.75) is 253 Å². The fourth-order valence-corrected chi connectivity index (χ4v) is 13.0. The molecule has 11 aromatic rings. The zero-order chi connectivity index (χ0) is 97.2. The van der Waals surface area contributed by atoms with E-state index in [0.29, 0.717) is 47.7 Å². The lowest BCUT2D eigenvalue weighted by molar-refractivity contribution is -0.185. The number of epoxide rings is 1. The molecule has 11 aromatic carbocycles. The molecule has 0 amide bonds. The normalized spacial score (nSPS) is 13.1. The number of aliphatic hydroxyl groups excluding tert-OH is 1. The highest BCUT2D eigenvalue weighted by molar-refractivity contribution is 5.88. The van der Waals surface area contributed by atoms with Crippen LogP contribution in [0.15, 0.2) is 224 Å². The first-order valence-corrected chi connectivity index (χ1v) is 45.9. The molecule has 0 aromatic heterocycles. The number of fused-ring (bicyclic) bond motifs is 5. The number of aliphatic hydroxyl groups is 1. The topological polar surface area (TPSA) is 300 Å². The van der Waals surface area contributed by atoms with Crippen LogP contribution in [0.3, 0.4) is 0 Å². The molecule has 704 valence electrons. The number of phenols is 7. The fraction of sp³-hybridized carbons (Fsp3) is 0.411. The molecule has 1 heterocycles. The van der Waals surface area contributed by atoms with Gasteiger partial charge in [0.15, 0.2) is 6.29 Å². The molecule has 13 rings (SSSR count). The Bertz CT molecular complexity index is 5190. The monoisotopic (exact) mass is 1780 g/mol. The zero-order valence-corrected chi connectivity index (χ0v) is 81.3. The highest BCUT2D eigenvalue weighted by atomic mass is 16.7. The molecule has 1 fully saturated rings. The lowest BCUT2D eigenvalue weighted by Crippen LogP contribution is -2.30. The van der Waals surface area contributed by atoms with Gasteiger partial charge >= 0.3 is 23.9 Å². The third kappa shape index (κ3) is 34.6. The highest BCUT2D eigenvalue weighted by Crippen LogP contribution is 2.46. The van der Waals surface area contributed by atoms with Crippen LogP contribution in [0.5, 0.6) is 40.2 Å². The Morgan fingerprint density at radius 1 is 0.446 bits per heavy atom. The van der Waals surface area contributed by atoms with Crippen molar-refractivity contribution in [1.29, 1.82) is 0 Å². The summed E-state index contributed by atoms with van der Waals surface area (Å²) < 4.78 is 25.3. The van der Waals surface area contributed by atoms with Crippen molar-refractivity contribution in [2.75, 3.05) is 33.0 Å². The van der Waals surface area contributed by atoms with Gasteiger partial charge in [0.05, 0.1) is 41.6 Å². The SMILES string of the molecule is CC.CC(C)c1cccc2ccccc12.CCC(C)(C)C(=O)OCC1CO1.CCC(C)(C)C(=O)OCCO.CCC(C)c1ccc2ccccc2c1.CCC(C)c1ccccc1.CCCCOC(C)OC(=O)C(C)(C)CC.Cc1c(O)cc(O)c(C(C)c2ccc(C(=O)O)cc2)c1O.Cc1c(O)cc(O)c(C(C)c2ccc(O)cc2)c1O.c1ccc2c(c1)Cc1ccccc1-2. The molecule has 18 nitrogen and oxygen atoms in total. The number of ether oxygens (including phenoxy) is 5. The molecule has 0 spiro atoms. The van der Waals surface area contributed by atoms with E-state index in [9.17, 15) is 54.9 Å². The largest absolute Gasteiger partial charge is 0.508 e. The second-order valence-corrected chi connectivity index (χ2v) is 34.7. The molecule has 18 heteroatoms. The number of esters is 3. The van der Waals surface area contributed by atoms with E-state index < -0.39 is 23.1 Å². The Morgan fingerprint density at radius 3 is 1.33 bits per heavy atom. The molecule has 6 atom stereocenters. The molecule has 130 heavy (non-hydrogen) atoms. The Kier molecular flexibility index (Phi) is 47.1. The third-order valence-electron chi connectivity index (χ3n) is 23.7. The molecular weight excluding hydrogens is 1630 g/mol. The van der Waals surface area contributed by atoms with E-state index in [-0.39, 0.29) is 106 Å². The van der Waals surface area contributed by atoms with Gasteiger partial charge in [0.1, 0.15) is 59.6 Å². The maximum absolute atomic E-state index is 11.6. The predicted molar refractivity (Wildman–Crippen MR) is 528 cm³/mol. The van der Waals surface area contributed by atoms with Crippen molar-refractivity contribution < 1.29 is 88.8 Å². The van der Waals surface area contributed by atoms with Crippen LogP contribution >= 0.6 is 0 Å². The Balaban J connectivity index is 0.000000308. The van der Waals surface area contributed by atoms with Gasteiger partial charge in [-0.3, -0.25) is 14.4 Å². The van der Waals surface area contributed by atoms with E-state index in [1.54, 1.807) is 64.1 Å². The summed E-state index contributed by atoms with van der Waals surface area (Å²) >= 11 is 0. The van der Waals surface area contributed by atoms with E-state index in [1.165, 1.54) is 97.6 Å². The number of phenolic OH excluding ortho intramolecular Hbond substituents is 7. The molecule has 0 radical (unpaired) electrons. The number of carboxylic acids is 1. The van der Waals surface area contributed by atoms with Crippen LogP contribution in [0.4, 0.5) is 0 Å². The van der Waals surface area contributed by atoms with Gasteiger partial charge in [-0.2, -0.15) is 0 Å². The number of hydrogen-bond donors (Lipinski definition) is 9. The Morgan fingerprint density at radius 2 is 0.869 bits per heavy atom. The molecule has 0 saturated carbocycles. The van der Waals surface area contributed by atoms with Gasteiger partial charge in [-0.15, -0.1) is 0 Å². The first-order valence-electron chi connectivity index (χ1n) is 45.9. The minimum Gasteiger partial charge on any atom is -0.508 e. The average Bonchev–Trinajstić information content (AvgIpc) is 1.81. The van der Waals surface area contributed by atoms with Crippen molar-refractivity contribution in [3.05, 3.63) is 291 Å². The van der Waals surface area contributed by atoms with Gasteiger partial charge in [0, 0.05) is 46.2 Å². The second kappa shape index (κ2) is 55.4. The van der Waals surface area contributed by atoms with Crippen LogP contribution in [0.25, 0.3) is 32.7 Å². The lowest BCUT2D eigenvalue weighted by Gasteiger charge is -2.23. The minimum atomic E-state index is -1.01. The number of carboxylic acid groups (broad SMARTS) is 1. The fourth-order valence-electron chi connectivity index (χ4n) is 13.0. The Labute approximate surface area is 774 Å². The quantitative estimate of drug-likeness (QED) is 0.00844. The molecule has 0 bridgehead atoms. The molecule has 2 aliphatic rings. The van der Waals surface area contributed by atoms with E-state index in [4.69, 9.17) is 33.9 Å². The summed E-state index contributed by atoms with van der Waals surface area (Å²) in [5.41, 5.74) is 11.9. The van der Waals surface area contributed by atoms with E-state index >= 15 is 0 Å². The molecule has 1 saturated heterocycles.